The van der Waals surface area contributed by atoms with E-state index in [2.05, 4.69) is 21.2 Å². The lowest BCUT2D eigenvalue weighted by Gasteiger charge is -2.17. The molecular weight excluding hydrogens is 296 g/mol. The molecule has 4 nitrogen and oxygen atoms in total. The minimum Gasteiger partial charge on any atom is -0.313 e. The Morgan fingerprint density at radius 1 is 1.33 bits per heavy atom. The topological polar surface area (TPSA) is 49.4 Å². The standard InChI is InChI=1S/C13H15BrN2O2/c1-8(2)15-6-7-16-10-5-3-4-9(14)11(10)12(17)13(16)18/h3-5,8,15H,6-7H2,1-2H3. The highest BCUT2D eigenvalue weighted by Crippen LogP contribution is 2.33. The summed E-state index contributed by atoms with van der Waals surface area (Å²) in [7, 11) is 0. The van der Waals surface area contributed by atoms with Gasteiger partial charge < -0.3 is 10.2 Å². The highest BCUT2D eigenvalue weighted by molar-refractivity contribution is 9.10. The van der Waals surface area contributed by atoms with Crippen LogP contribution in [-0.4, -0.2) is 30.8 Å². The Morgan fingerprint density at radius 3 is 2.72 bits per heavy atom. The lowest BCUT2D eigenvalue weighted by Crippen LogP contribution is -2.37. The van der Waals surface area contributed by atoms with E-state index in [0.717, 1.165) is 0 Å². The molecule has 0 aromatic heterocycles. The van der Waals surface area contributed by atoms with Gasteiger partial charge in [-0.3, -0.25) is 9.59 Å². The molecule has 0 saturated heterocycles. The second-order valence-electron chi connectivity index (χ2n) is 4.53. The second-order valence-corrected chi connectivity index (χ2v) is 5.38. The van der Waals surface area contributed by atoms with E-state index in [0.29, 0.717) is 34.9 Å². The molecule has 1 amide bonds. The van der Waals surface area contributed by atoms with Crippen LogP contribution < -0.4 is 10.2 Å². The van der Waals surface area contributed by atoms with Gasteiger partial charge in [0.2, 0.25) is 0 Å². The number of hydrogen-bond acceptors (Lipinski definition) is 3. The summed E-state index contributed by atoms with van der Waals surface area (Å²) in [5.41, 5.74) is 1.18. The second kappa shape index (κ2) is 5.20. The van der Waals surface area contributed by atoms with Crippen LogP contribution >= 0.6 is 15.9 Å². The van der Waals surface area contributed by atoms with Gasteiger partial charge in [0.25, 0.3) is 11.7 Å². The van der Waals surface area contributed by atoms with E-state index in [-0.39, 0.29) is 0 Å². The Hall–Kier alpha value is -1.20. The first-order valence-electron chi connectivity index (χ1n) is 5.90. The number of nitrogens with one attached hydrogen (secondary N) is 1. The molecule has 0 radical (unpaired) electrons. The summed E-state index contributed by atoms with van der Waals surface area (Å²) in [5.74, 6) is -0.871. The molecule has 0 aliphatic carbocycles. The first kappa shape index (κ1) is 13.2. The number of Topliss-reactive ketones (excluding diaryl/α,β-unsaturated/α-hetero) is 1. The third-order valence-corrected chi connectivity index (χ3v) is 3.50. The number of benzene rings is 1. The lowest BCUT2D eigenvalue weighted by atomic mass is 10.1. The number of carbonyl (C=O) groups excluding carboxylic acids is 2. The Bertz CT molecular complexity index is 500. The molecule has 1 aromatic rings. The molecule has 1 heterocycles. The quantitative estimate of drug-likeness (QED) is 0.865. The van der Waals surface area contributed by atoms with Crippen LogP contribution in [0.2, 0.25) is 0 Å². The molecule has 5 heteroatoms. The zero-order valence-corrected chi connectivity index (χ0v) is 12.0. The number of anilines is 1. The largest absolute Gasteiger partial charge is 0.313 e. The van der Waals surface area contributed by atoms with E-state index in [1.807, 2.05) is 19.9 Å². The van der Waals surface area contributed by atoms with Crippen molar-refractivity contribution >= 4 is 33.3 Å². The molecule has 1 aliphatic rings. The smallest absolute Gasteiger partial charge is 0.299 e. The van der Waals surface area contributed by atoms with Gasteiger partial charge in [0.15, 0.2) is 0 Å². The van der Waals surface area contributed by atoms with E-state index in [4.69, 9.17) is 0 Å². The van der Waals surface area contributed by atoms with Gasteiger partial charge in [-0.05, 0) is 28.1 Å². The third-order valence-electron chi connectivity index (χ3n) is 2.84. The number of nitrogens with zero attached hydrogens (tertiary/aromatic N) is 1. The molecule has 1 N–H and O–H groups in total. The van der Waals surface area contributed by atoms with Gasteiger partial charge in [-0.15, -0.1) is 0 Å². The van der Waals surface area contributed by atoms with Crippen LogP contribution in [-0.2, 0) is 4.79 Å². The zero-order chi connectivity index (χ0) is 13.3. The summed E-state index contributed by atoms with van der Waals surface area (Å²) >= 11 is 3.32. The van der Waals surface area contributed by atoms with Crippen LogP contribution in [0.5, 0.6) is 0 Å². The lowest BCUT2D eigenvalue weighted by molar-refractivity contribution is -0.114. The normalized spacial score (nSPS) is 14.6. The fourth-order valence-electron chi connectivity index (χ4n) is 1.99. The Balaban J connectivity index is 2.21. The molecule has 1 aromatic carbocycles. The summed E-state index contributed by atoms with van der Waals surface area (Å²) in [6, 6.07) is 5.77. The first-order valence-corrected chi connectivity index (χ1v) is 6.69. The average Bonchev–Trinajstić information content (AvgIpc) is 2.55. The summed E-state index contributed by atoms with van der Waals surface area (Å²) in [5, 5.41) is 3.24. The molecule has 96 valence electrons. The van der Waals surface area contributed by atoms with Crippen LogP contribution in [0.4, 0.5) is 5.69 Å². The van der Waals surface area contributed by atoms with Gasteiger partial charge in [-0.2, -0.15) is 0 Å². The van der Waals surface area contributed by atoms with Crippen LogP contribution in [0.25, 0.3) is 0 Å². The molecule has 0 saturated carbocycles. The maximum atomic E-state index is 11.9. The van der Waals surface area contributed by atoms with Crippen molar-refractivity contribution in [1.82, 2.24) is 5.32 Å². The number of ketones is 1. The molecule has 0 unspecified atom stereocenters. The van der Waals surface area contributed by atoms with Crippen molar-refractivity contribution in [2.45, 2.75) is 19.9 Å². The van der Waals surface area contributed by atoms with Crippen LogP contribution in [0, 0.1) is 0 Å². The van der Waals surface area contributed by atoms with Crippen molar-refractivity contribution in [2.75, 3.05) is 18.0 Å². The molecule has 1 aliphatic heterocycles. The maximum Gasteiger partial charge on any atom is 0.299 e. The van der Waals surface area contributed by atoms with Crippen molar-refractivity contribution < 1.29 is 9.59 Å². The number of fused-ring (bicyclic) bond motifs is 1. The van der Waals surface area contributed by atoms with Gasteiger partial charge in [0.05, 0.1) is 11.3 Å². The first-order chi connectivity index (χ1) is 8.52. The fourth-order valence-corrected chi connectivity index (χ4v) is 2.52. The number of amides is 1. The summed E-state index contributed by atoms with van der Waals surface area (Å²) < 4.78 is 0.678. The van der Waals surface area contributed by atoms with Gasteiger partial charge >= 0.3 is 0 Å². The van der Waals surface area contributed by atoms with Crippen LogP contribution in [0.1, 0.15) is 24.2 Å². The SMILES string of the molecule is CC(C)NCCN1C(=O)C(=O)c2c(Br)cccc21. The predicted octanol–water partition coefficient (Wildman–Crippen LogP) is 1.98. The van der Waals surface area contributed by atoms with Crippen molar-refractivity contribution in [3.05, 3.63) is 28.2 Å². The van der Waals surface area contributed by atoms with Crippen LogP contribution in [0.3, 0.4) is 0 Å². The Kier molecular flexibility index (Phi) is 3.82. The number of halogens is 1. The minimum atomic E-state index is -0.442. The van der Waals surface area contributed by atoms with Gasteiger partial charge in [0, 0.05) is 23.6 Å². The average molecular weight is 311 g/mol. The predicted molar refractivity (Wildman–Crippen MR) is 74.0 cm³/mol. The van der Waals surface area contributed by atoms with Crippen molar-refractivity contribution in [3.63, 3.8) is 0 Å². The highest BCUT2D eigenvalue weighted by Gasteiger charge is 2.36. The number of carbonyl (C=O) groups is 2. The molecule has 0 fully saturated rings. The van der Waals surface area contributed by atoms with Crippen molar-refractivity contribution in [3.8, 4) is 0 Å². The van der Waals surface area contributed by atoms with Gasteiger partial charge in [0.1, 0.15) is 0 Å². The number of hydrogen-bond donors (Lipinski definition) is 1. The minimum absolute atomic E-state index is 0.361. The van der Waals surface area contributed by atoms with Gasteiger partial charge in [-0.1, -0.05) is 19.9 Å². The van der Waals surface area contributed by atoms with Crippen molar-refractivity contribution in [2.24, 2.45) is 0 Å². The zero-order valence-electron chi connectivity index (χ0n) is 10.4. The highest BCUT2D eigenvalue weighted by atomic mass is 79.9. The molecule has 0 spiro atoms. The summed E-state index contributed by atoms with van der Waals surface area (Å²) in [6.07, 6.45) is 0. The molecule has 0 atom stereocenters. The third kappa shape index (κ3) is 2.33. The summed E-state index contributed by atoms with van der Waals surface area (Å²) in [6.45, 7) is 5.26. The fraction of sp³-hybridized carbons (Fsp3) is 0.385. The van der Waals surface area contributed by atoms with E-state index >= 15 is 0 Å². The molecule has 18 heavy (non-hydrogen) atoms. The Labute approximate surface area is 114 Å². The van der Waals surface area contributed by atoms with Crippen molar-refractivity contribution in [1.29, 1.82) is 0 Å². The van der Waals surface area contributed by atoms with E-state index < -0.39 is 11.7 Å². The number of rotatable bonds is 4. The molecule has 0 bridgehead atoms. The van der Waals surface area contributed by atoms with E-state index in [9.17, 15) is 9.59 Å². The van der Waals surface area contributed by atoms with E-state index in [1.165, 1.54) is 4.90 Å². The van der Waals surface area contributed by atoms with E-state index in [1.54, 1.807) is 12.1 Å². The molecular formula is C13H15BrN2O2. The monoisotopic (exact) mass is 310 g/mol. The van der Waals surface area contributed by atoms with Crippen LogP contribution in [0.15, 0.2) is 22.7 Å². The molecule has 2 rings (SSSR count). The summed E-state index contributed by atoms with van der Waals surface area (Å²) in [4.78, 5) is 25.3. The van der Waals surface area contributed by atoms with Gasteiger partial charge in [-0.25, -0.2) is 0 Å². The Morgan fingerprint density at radius 2 is 2.06 bits per heavy atom. The maximum absolute atomic E-state index is 11.9.